The SMILES string of the molecule is COC1C(n2cc(-c3cc(F)c(F)c(F)c3)nn2)[C@H]2OCC(O)C2O[C@@H]1Sc1cncc(Cl)c1. The summed E-state index contributed by atoms with van der Waals surface area (Å²) in [6.45, 7) is 0.0499. The minimum absolute atomic E-state index is 0.0172. The van der Waals surface area contributed by atoms with Gasteiger partial charge in [0.1, 0.15) is 41.6 Å². The summed E-state index contributed by atoms with van der Waals surface area (Å²) in [4.78, 5) is 4.80. The van der Waals surface area contributed by atoms with Gasteiger partial charge in [-0.1, -0.05) is 28.6 Å². The van der Waals surface area contributed by atoms with Gasteiger partial charge in [0.05, 0.1) is 17.8 Å². The molecule has 0 saturated carbocycles. The number of halogens is 4. The molecular formula is C21H18ClF3N4O4S. The van der Waals surface area contributed by atoms with Gasteiger partial charge in [0.25, 0.3) is 0 Å². The molecule has 3 aromatic rings. The Hall–Kier alpha value is -2.22. The first-order chi connectivity index (χ1) is 16.4. The average molecular weight is 515 g/mol. The quantitative estimate of drug-likeness (QED) is 0.519. The standard InChI is InChI=1S/C21H18ClF3N4O4S/c1-31-20-17(29-7-14(27-28-29)9-2-12(23)16(25)13(24)3-9)19-18(15(30)8-32-19)33-21(20)34-11-4-10(22)5-26-6-11/h2-7,15,17-21,30H,8H2,1H3/t15?,17?,18?,19-,20?,21-/m1/s1. The first-order valence-corrected chi connectivity index (χ1v) is 11.4. The van der Waals surface area contributed by atoms with E-state index in [1.165, 1.54) is 35.9 Å². The second kappa shape index (κ2) is 9.44. The lowest BCUT2D eigenvalue weighted by Crippen LogP contribution is -2.55. The summed E-state index contributed by atoms with van der Waals surface area (Å²) in [5.74, 6) is -4.23. The maximum absolute atomic E-state index is 13.7. The molecule has 34 heavy (non-hydrogen) atoms. The van der Waals surface area contributed by atoms with Gasteiger partial charge in [-0.05, 0) is 18.2 Å². The topological polar surface area (TPSA) is 91.5 Å². The smallest absolute Gasteiger partial charge is 0.194 e. The lowest BCUT2D eigenvalue weighted by atomic mass is 9.96. The number of aliphatic hydroxyl groups excluding tert-OH is 1. The normalized spacial score (nSPS) is 28.8. The molecule has 2 fully saturated rings. The fraction of sp³-hybridized carbons (Fsp3) is 0.381. The van der Waals surface area contributed by atoms with E-state index < -0.39 is 53.3 Å². The van der Waals surface area contributed by atoms with Crippen LogP contribution in [0.3, 0.4) is 0 Å². The number of rotatable bonds is 5. The molecule has 0 radical (unpaired) electrons. The van der Waals surface area contributed by atoms with Crippen molar-refractivity contribution in [1.82, 2.24) is 20.0 Å². The summed E-state index contributed by atoms with van der Waals surface area (Å²) < 4.78 is 60.0. The highest BCUT2D eigenvalue weighted by atomic mass is 35.5. The van der Waals surface area contributed by atoms with Crippen LogP contribution in [0.2, 0.25) is 5.02 Å². The van der Waals surface area contributed by atoms with Crippen molar-refractivity contribution in [2.45, 2.75) is 40.8 Å². The molecule has 8 nitrogen and oxygen atoms in total. The third-order valence-electron chi connectivity index (χ3n) is 5.69. The van der Waals surface area contributed by atoms with Crippen molar-refractivity contribution in [2.75, 3.05) is 13.7 Å². The predicted octanol–water partition coefficient (Wildman–Crippen LogP) is 3.24. The molecule has 180 valence electrons. The molecule has 2 aromatic heterocycles. The number of aromatic nitrogens is 4. The first-order valence-electron chi connectivity index (χ1n) is 10.2. The Bertz CT molecular complexity index is 1180. The van der Waals surface area contributed by atoms with E-state index in [4.69, 9.17) is 25.8 Å². The van der Waals surface area contributed by atoms with Crippen LogP contribution in [0.25, 0.3) is 11.3 Å². The lowest BCUT2D eigenvalue weighted by molar-refractivity contribution is -0.170. The molecule has 6 atom stereocenters. The van der Waals surface area contributed by atoms with Gasteiger partial charge >= 0.3 is 0 Å². The van der Waals surface area contributed by atoms with Crippen molar-refractivity contribution >= 4 is 23.4 Å². The van der Waals surface area contributed by atoms with E-state index in [1.54, 1.807) is 12.3 Å². The molecule has 2 aliphatic rings. The van der Waals surface area contributed by atoms with Crippen molar-refractivity contribution in [3.63, 3.8) is 0 Å². The molecule has 0 bridgehead atoms. The maximum Gasteiger partial charge on any atom is 0.194 e. The first kappa shape index (κ1) is 23.5. The number of ether oxygens (including phenoxy) is 3. The Kier molecular flexibility index (Phi) is 6.53. The van der Waals surface area contributed by atoms with E-state index in [1.807, 2.05) is 0 Å². The number of hydrogen-bond acceptors (Lipinski definition) is 8. The molecule has 1 aromatic carbocycles. The van der Waals surface area contributed by atoms with Gasteiger partial charge in [-0.2, -0.15) is 0 Å². The largest absolute Gasteiger partial charge is 0.388 e. The van der Waals surface area contributed by atoms with Gasteiger partial charge in [-0.25, -0.2) is 17.9 Å². The molecule has 2 aliphatic heterocycles. The molecule has 0 aliphatic carbocycles. The Balaban J connectivity index is 1.50. The van der Waals surface area contributed by atoms with Crippen molar-refractivity contribution in [3.8, 4) is 11.3 Å². The van der Waals surface area contributed by atoms with Gasteiger partial charge in [0.15, 0.2) is 17.5 Å². The molecule has 1 N–H and O–H groups in total. The van der Waals surface area contributed by atoms with Crippen LogP contribution in [-0.4, -0.2) is 68.7 Å². The van der Waals surface area contributed by atoms with Crippen LogP contribution in [0.5, 0.6) is 0 Å². The molecule has 0 amide bonds. The predicted molar refractivity (Wildman–Crippen MR) is 115 cm³/mol. The van der Waals surface area contributed by atoms with E-state index in [-0.39, 0.29) is 17.9 Å². The molecule has 4 unspecified atom stereocenters. The van der Waals surface area contributed by atoms with Crippen molar-refractivity contribution in [2.24, 2.45) is 0 Å². The average Bonchev–Trinajstić information content (AvgIpc) is 3.44. The number of fused-ring (bicyclic) bond motifs is 1. The van der Waals surface area contributed by atoms with Crippen molar-refractivity contribution in [3.05, 3.63) is 59.3 Å². The second-order valence-electron chi connectivity index (χ2n) is 7.82. The third kappa shape index (κ3) is 4.30. The summed E-state index contributed by atoms with van der Waals surface area (Å²) >= 11 is 7.36. The number of hydrogen-bond donors (Lipinski definition) is 1. The lowest BCUT2D eigenvalue weighted by Gasteiger charge is -2.43. The van der Waals surface area contributed by atoms with Gasteiger partial charge in [-0.15, -0.1) is 5.10 Å². The number of nitrogens with zero attached hydrogens (tertiary/aromatic N) is 4. The molecule has 0 spiro atoms. The highest BCUT2D eigenvalue weighted by molar-refractivity contribution is 7.99. The number of benzene rings is 1. The minimum Gasteiger partial charge on any atom is -0.388 e. The number of methoxy groups -OCH3 is 1. The second-order valence-corrected chi connectivity index (χ2v) is 9.43. The minimum atomic E-state index is -1.56. The Morgan fingerprint density at radius 1 is 1.18 bits per heavy atom. The fourth-order valence-corrected chi connectivity index (χ4v) is 5.57. The van der Waals surface area contributed by atoms with Crippen LogP contribution in [0, 0.1) is 17.5 Å². The van der Waals surface area contributed by atoms with Crippen molar-refractivity contribution in [1.29, 1.82) is 0 Å². The van der Waals surface area contributed by atoms with Crippen LogP contribution >= 0.6 is 23.4 Å². The highest BCUT2D eigenvalue weighted by Gasteiger charge is 2.54. The zero-order valence-electron chi connectivity index (χ0n) is 17.5. The summed E-state index contributed by atoms with van der Waals surface area (Å²) in [7, 11) is 1.50. The Labute approximate surface area is 201 Å². The van der Waals surface area contributed by atoms with Crippen molar-refractivity contribution < 1.29 is 32.5 Å². The molecule has 5 rings (SSSR count). The summed E-state index contributed by atoms with van der Waals surface area (Å²) in [6.07, 6.45) is 1.76. The Morgan fingerprint density at radius 2 is 1.94 bits per heavy atom. The Morgan fingerprint density at radius 3 is 2.65 bits per heavy atom. The van der Waals surface area contributed by atoms with E-state index >= 15 is 0 Å². The molecule has 13 heteroatoms. The number of pyridine rings is 1. The third-order valence-corrected chi connectivity index (χ3v) is 7.01. The van der Waals surface area contributed by atoms with Crippen LogP contribution in [-0.2, 0) is 14.2 Å². The fourth-order valence-electron chi connectivity index (χ4n) is 4.16. The summed E-state index contributed by atoms with van der Waals surface area (Å²) in [5, 5.41) is 19.0. The van der Waals surface area contributed by atoms with Crippen LogP contribution in [0.15, 0.2) is 41.7 Å². The number of thioether (sulfide) groups is 1. The van der Waals surface area contributed by atoms with Gasteiger partial charge < -0.3 is 19.3 Å². The van der Waals surface area contributed by atoms with E-state index in [0.29, 0.717) is 5.02 Å². The highest BCUT2D eigenvalue weighted by Crippen LogP contribution is 2.43. The summed E-state index contributed by atoms with van der Waals surface area (Å²) in [6, 6.07) is 2.80. The monoisotopic (exact) mass is 514 g/mol. The summed E-state index contributed by atoms with van der Waals surface area (Å²) in [5.41, 5.74) is -0.470. The van der Waals surface area contributed by atoms with E-state index in [0.717, 1.165) is 17.0 Å². The van der Waals surface area contributed by atoms with E-state index in [2.05, 4.69) is 15.3 Å². The van der Waals surface area contributed by atoms with Crippen LogP contribution in [0.4, 0.5) is 13.2 Å². The van der Waals surface area contributed by atoms with Gasteiger partial charge in [0, 0.05) is 30.0 Å². The number of aliphatic hydroxyl groups is 1. The zero-order valence-corrected chi connectivity index (χ0v) is 19.1. The van der Waals surface area contributed by atoms with Crippen LogP contribution in [0.1, 0.15) is 6.04 Å². The van der Waals surface area contributed by atoms with Gasteiger partial charge in [-0.3, -0.25) is 4.98 Å². The molecule has 2 saturated heterocycles. The van der Waals surface area contributed by atoms with Gasteiger partial charge in [0.2, 0.25) is 0 Å². The van der Waals surface area contributed by atoms with E-state index in [9.17, 15) is 18.3 Å². The maximum atomic E-state index is 13.7. The van der Waals surface area contributed by atoms with Crippen LogP contribution < -0.4 is 0 Å². The molecule has 4 heterocycles. The zero-order chi connectivity index (χ0) is 24.0. The molecular weight excluding hydrogens is 497 g/mol.